The summed E-state index contributed by atoms with van der Waals surface area (Å²) in [6.07, 6.45) is 6.50. The number of hydrogen-bond donors (Lipinski definition) is 2. The summed E-state index contributed by atoms with van der Waals surface area (Å²) in [5, 5.41) is 0. The summed E-state index contributed by atoms with van der Waals surface area (Å²) in [5.41, 5.74) is 13.4. The monoisotopic (exact) mass is 261 g/mol. The number of primary amides is 1. The molecule has 1 aromatic rings. The fourth-order valence-electron chi connectivity index (χ4n) is 3.03. The van der Waals surface area contributed by atoms with Crippen molar-refractivity contribution in [1.29, 1.82) is 0 Å². The van der Waals surface area contributed by atoms with Crippen LogP contribution in [0.4, 0.5) is 11.4 Å². The van der Waals surface area contributed by atoms with Crippen molar-refractivity contribution >= 4 is 17.3 Å². The van der Waals surface area contributed by atoms with Crippen LogP contribution in [0.25, 0.3) is 0 Å². The predicted molar refractivity (Wildman–Crippen MR) is 79.2 cm³/mol. The zero-order valence-corrected chi connectivity index (χ0v) is 11.6. The number of nitrogens with two attached hydrogens (primary N) is 2. The summed E-state index contributed by atoms with van der Waals surface area (Å²) in [6, 6.07) is 5.33. The first-order chi connectivity index (χ1) is 9.09. The number of nitrogens with zero attached hydrogens (tertiary/aromatic N) is 1. The molecular formula is C15H23N3O. The summed E-state index contributed by atoms with van der Waals surface area (Å²) in [5.74, 6) is 0.275. The quantitative estimate of drug-likeness (QED) is 0.817. The Kier molecular flexibility index (Phi) is 4.30. The highest BCUT2D eigenvalue weighted by atomic mass is 16.1. The van der Waals surface area contributed by atoms with E-state index < -0.39 is 5.91 Å². The number of nitrogen functional groups attached to an aromatic ring is 1. The van der Waals surface area contributed by atoms with Gasteiger partial charge in [0.1, 0.15) is 0 Å². The minimum absolute atomic E-state index is 0.419. The van der Waals surface area contributed by atoms with Crippen LogP contribution in [-0.4, -0.2) is 19.5 Å². The summed E-state index contributed by atoms with van der Waals surface area (Å²) in [7, 11) is 1.99. The number of carbonyl (C=O) groups excluding carboxylic acids is 1. The zero-order valence-electron chi connectivity index (χ0n) is 11.6. The molecule has 0 aliphatic heterocycles. The first kappa shape index (κ1) is 13.7. The molecule has 19 heavy (non-hydrogen) atoms. The fourth-order valence-corrected chi connectivity index (χ4v) is 3.03. The van der Waals surface area contributed by atoms with Gasteiger partial charge in [-0.05, 0) is 30.9 Å². The molecule has 104 valence electrons. The van der Waals surface area contributed by atoms with Crippen LogP contribution in [0.15, 0.2) is 18.2 Å². The third-order valence-electron chi connectivity index (χ3n) is 3.97. The molecule has 0 spiro atoms. The van der Waals surface area contributed by atoms with Crippen molar-refractivity contribution in [3.8, 4) is 0 Å². The van der Waals surface area contributed by atoms with E-state index in [4.69, 9.17) is 11.5 Å². The Morgan fingerprint density at radius 3 is 2.63 bits per heavy atom. The molecule has 0 bridgehead atoms. The van der Waals surface area contributed by atoms with Gasteiger partial charge in [0, 0.05) is 13.6 Å². The molecule has 4 heteroatoms. The molecule has 4 nitrogen and oxygen atoms in total. The van der Waals surface area contributed by atoms with Gasteiger partial charge in [-0.2, -0.15) is 0 Å². The van der Waals surface area contributed by atoms with E-state index in [-0.39, 0.29) is 0 Å². The van der Waals surface area contributed by atoms with Crippen molar-refractivity contribution in [2.24, 2.45) is 11.7 Å². The molecule has 2 rings (SSSR count). The second-order valence-corrected chi connectivity index (χ2v) is 5.49. The Bertz CT molecular complexity index is 453. The van der Waals surface area contributed by atoms with E-state index in [1.54, 1.807) is 12.1 Å². The number of benzene rings is 1. The van der Waals surface area contributed by atoms with Crippen LogP contribution in [0.1, 0.15) is 42.5 Å². The lowest BCUT2D eigenvalue weighted by atomic mass is 9.89. The minimum atomic E-state index is -0.419. The highest BCUT2D eigenvalue weighted by molar-refractivity contribution is 6.01. The second kappa shape index (κ2) is 5.95. The first-order valence-electron chi connectivity index (χ1n) is 6.99. The van der Waals surface area contributed by atoms with Crippen molar-refractivity contribution in [3.05, 3.63) is 23.8 Å². The molecule has 1 saturated carbocycles. The number of rotatable bonds is 4. The number of hydrogen-bond acceptors (Lipinski definition) is 3. The zero-order chi connectivity index (χ0) is 13.8. The molecular weight excluding hydrogens is 238 g/mol. The molecule has 1 aliphatic rings. The molecule has 0 radical (unpaired) electrons. The average Bonchev–Trinajstić information content (AvgIpc) is 2.39. The Hall–Kier alpha value is -1.71. The van der Waals surface area contributed by atoms with E-state index in [2.05, 4.69) is 4.90 Å². The fraction of sp³-hybridized carbons (Fsp3) is 0.533. The highest BCUT2D eigenvalue weighted by Crippen LogP contribution is 2.30. The minimum Gasteiger partial charge on any atom is -0.397 e. The molecule has 4 N–H and O–H groups in total. The Morgan fingerprint density at radius 1 is 1.32 bits per heavy atom. The normalized spacial score (nSPS) is 16.3. The van der Waals surface area contributed by atoms with Crippen molar-refractivity contribution in [3.63, 3.8) is 0 Å². The molecule has 0 saturated heterocycles. The van der Waals surface area contributed by atoms with E-state index in [1.165, 1.54) is 32.1 Å². The largest absolute Gasteiger partial charge is 0.397 e. The van der Waals surface area contributed by atoms with Crippen LogP contribution in [-0.2, 0) is 0 Å². The Labute approximate surface area is 114 Å². The van der Waals surface area contributed by atoms with Crippen molar-refractivity contribution in [2.45, 2.75) is 32.1 Å². The molecule has 0 atom stereocenters. The summed E-state index contributed by atoms with van der Waals surface area (Å²) in [4.78, 5) is 13.6. The van der Waals surface area contributed by atoms with Crippen molar-refractivity contribution in [2.75, 3.05) is 24.2 Å². The Morgan fingerprint density at radius 2 is 2.00 bits per heavy atom. The van der Waals surface area contributed by atoms with E-state index in [0.717, 1.165) is 12.2 Å². The number of para-hydroxylation sites is 1. The lowest BCUT2D eigenvalue weighted by Gasteiger charge is -2.30. The second-order valence-electron chi connectivity index (χ2n) is 5.49. The highest BCUT2D eigenvalue weighted by Gasteiger charge is 2.19. The van der Waals surface area contributed by atoms with Gasteiger partial charge in [-0.25, -0.2) is 0 Å². The molecule has 1 aromatic carbocycles. The lowest BCUT2D eigenvalue weighted by Crippen LogP contribution is -2.29. The molecule has 0 heterocycles. The van der Waals surface area contributed by atoms with Crippen LogP contribution in [0, 0.1) is 5.92 Å². The van der Waals surface area contributed by atoms with Gasteiger partial charge in [-0.1, -0.05) is 25.3 Å². The molecule has 0 aromatic heterocycles. The van der Waals surface area contributed by atoms with Crippen molar-refractivity contribution in [1.82, 2.24) is 0 Å². The maximum atomic E-state index is 11.5. The van der Waals surface area contributed by atoms with Crippen LogP contribution >= 0.6 is 0 Å². The molecule has 0 unspecified atom stereocenters. The van der Waals surface area contributed by atoms with Crippen LogP contribution in [0.5, 0.6) is 0 Å². The van der Waals surface area contributed by atoms with Crippen LogP contribution in [0.2, 0.25) is 0 Å². The van der Waals surface area contributed by atoms with Crippen LogP contribution < -0.4 is 16.4 Å². The smallest absolute Gasteiger partial charge is 0.250 e. The Balaban J connectivity index is 2.17. The number of carbonyl (C=O) groups is 1. The van der Waals surface area contributed by atoms with Gasteiger partial charge in [-0.15, -0.1) is 0 Å². The van der Waals surface area contributed by atoms with E-state index >= 15 is 0 Å². The number of anilines is 2. The number of amides is 1. The van der Waals surface area contributed by atoms with Gasteiger partial charge in [0.05, 0.1) is 16.9 Å². The van der Waals surface area contributed by atoms with E-state index in [1.807, 2.05) is 13.1 Å². The molecule has 1 aliphatic carbocycles. The van der Waals surface area contributed by atoms with Crippen molar-refractivity contribution < 1.29 is 4.79 Å². The summed E-state index contributed by atoms with van der Waals surface area (Å²) < 4.78 is 0. The van der Waals surface area contributed by atoms with E-state index in [0.29, 0.717) is 17.2 Å². The predicted octanol–water partition coefficient (Wildman–Crippen LogP) is 2.38. The summed E-state index contributed by atoms with van der Waals surface area (Å²) in [6.45, 7) is 0.939. The van der Waals surface area contributed by atoms with Gasteiger partial charge in [0.2, 0.25) is 0 Å². The first-order valence-corrected chi connectivity index (χ1v) is 6.99. The maximum absolute atomic E-state index is 11.5. The van der Waals surface area contributed by atoms with Gasteiger partial charge in [0.15, 0.2) is 0 Å². The standard InChI is InChI=1S/C15H23N3O/c1-18(10-11-6-3-2-4-7-11)14-12(15(17)19)8-5-9-13(14)16/h5,8-9,11H,2-4,6-7,10,16H2,1H3,(H2,17,19). The molecule has 1 amide bonds. The molecule has 1 fully saturated rings. The average molecular weight is 261 g/mol. The third kappa shape index (κ3) is 3.19. The van der Waals surface area contributed by atoms with E-state index in [9.17, 15) is 4.79 Å². The van der Waals surface area contributed by atoms with Gasteiger partial charge in [-0.3, -0.25) is 4.79 Å². The van der Waals surface area contributed by atoms with Gasteiger partial charge in [0.25, 0.3) is 5.91 Å². The lowest BCUT2D eigenvalue weighted by molar-refractivity contribution is 0.100. The summed E-state index contributed by atoms with van der Waals surface area (Å²) >= 11 is 0. The SMILES string of the molecule is CN(CC1CCCCC1)c1c(N)cccc1C(N)=O. The topological polar surface area (TPSA) is 72.3 Å². The van der Waals surface area contributed by atoms with Gasteiger partial charge < -0.3 is 16.4 Å². The maximum Gasteiger partial charge on any atom is 0.250 e. The third-order valence-corrected chi connectivity index (χ3v) is 3.97. The van der Waals surface area contributed by atoms with Crippen LogP contribution in [0.3, 0.4) is 0 Å². The van der Waals surface area contributed by atoms with Gasteiger partial charge >= 0.3 is 0 Å².